The van der Waals surface area contributed by atoms with Crippen LogP contribution in [0, 0.1) is 13.8 Å². The van der Waals surface area contributed by atoms with Gasteiger partial charge in [0, 0.05) is 12.4 Å². The Labute approximate surface area is 81.6 Å². The van der Waals surface area contributed by atoms with E-state index in [0.29, 0.717) is 17.3 Å². The maximum Gasteiger partial charge on any atom is 0.165 e. The number of aryl methyl sites for hydroxylation is 2. The largest absolute Gasteiger partial charge is 0.394 e. The Kier molecular flexibility index (Phi) is 1.92. The van der Waals surface area contributed by atoms with E-state index in [0.717, 1.165) is 5.82 Å². The molecule has 0 saturated heterocycles. The third-order valence-corrected chi connectivity index (χ3v) is 1.97. The van der Waals surface area contributed by atoms with Gasteiger partial charge >= 0.3 is 0 Å². The molecule has 0 fully saturated rings. The zero-order chi connectivity index (χ0) is 10.1. The fraction of sp³-hybridized carbons (Fsp3) is 0.222. The van der Waals surface area contributed by atoms with Gasteiger partial charge in [0.1, 0.15) is 11.6 Å². The van der Waals surface area contributed by atoms with Crippen LogP contribution in [-0.2, 0) is 0 Å². The third-order valence-electron chi connectivity index (χ3n) is 1.97. The summed E-state index contributed by atoms with van der Waals surface area (Å²) in [6.07, 6.45) is 5.15. The van der Waals surface area contributed by atoms with E-state index >= 15 is 0 Å². The second-order valence-electron chi connectivity index (χ2n) is 3.04. The van der Waals surface area contributed by atoms with Gasteiger partial charge in [0.25, 0.3) is 0 Å². The Balaban J connectivity index is 2.62. The maximum atomic E-state index is 5.78. The molecule has 0 amide bonds. The molecule has 0 radical (unpaired) electrons. The SMILES string of the molecule is Cc1ncc(N)c(-n2ccnc2C)n1. The first kappa shape index (κ1) is 8.68. The number of anilines is 1. The van der Waals surface area contributed by atoms with Crippen LogP contribution in [0.15, 0.2) is 18.6 Å². The van der Waals surface area contributed by atoms with Crippen molar-refractivity contribution in [2.75, 3.05) is 5.73 Å². The summed E-state index contributed by atoms with van der Waals surface area (Å²) in [5, 5.41) is 0. The van der Waals surface area contributed by atoms with Gasteiger partial charge in [-0.25, -0.2) is 15.0 Å². The van der Waals surface area contributed by atoms with Gasteiger partial charge in [-0.05, 0) is 13.8 Å². The van der Waals surface area contributed by atoms with Gasteiger partial charge in [-0.3, -0.25) is 4.57 Å². The number of nitrogen functional groups attached to an aromatic ring is 1. The molecule has 5 nitrogen and oxygen atoms in total. The van der Waals surface area contributed by atoms with E-state index < -0.39 is 0 Å². The number of nitrogens with two attached hydrogens (primary N) is 1. The van der Waals surface area contributed by atoms with Crippen LogP contribution in [0.3, 0.4) is 0 Å². The zero-order valence-corrected chi connectivity index (χ0v) is 8.10. The molecular weight excluding hydrogens is 178 g/mol. The van der Waals surface area contributed by atoms with Crippen LogP contribution in [0.4, 0.5) is 5.69 Å². The summed E-state index contributed by atoms with van der Waals surface area (Å²) in [4.78, 5) is 12.4. The summed E-state index contributed by atoms with van der Waals surface area (Å²) in [6, 6.07) is 0. The lowest BCUT2D eigenvalue weighted by Crippen LogP contribution is -2.05. The summed E-state index contributed by atoms with van der Waals surface area (Å²) >= 11 is 0. The van der Waals surface area contributed by atoms with Crippen LogP contribution in [0.2, 0.25) is 0 Å². The van der Waals surface area contributed by atoms with E-state index in [-0.39, 0.29) is 0 Å². The lowest BCUT2D eigenvalue weighted by Gasteiger charge is -2.06. The monoisotopic (exact) mass is 189 g/mol. The first-order chi connectivity index (χ1) is 6.68. The highest BCUT2D eigenvalue weighted by molar-refractivity contribution is 5.51. The van der Waals surface area contributed by atoms with Gasteiger partial charge in [0.15, 0.2) is 5.82 Å². The predicted octanol–water partition coefficient (Wildman–Crippen LogP) is 0.861. The molecule has 0 unspecified atom stereocenters. The quantitative estimate of drug-likeness (QED) is 0.722. The molecule has 0 spiro atoms. The van der Waals surface area contributed by atoms with Crippen LogP contribution in [0.5, 0.6) is 0 Å². The second kappa shape index (κ2) is 3.10. The van der Waals surface area contributed by atoms with Gasteiger partial charge in [-0.1, -0.05) is 0 Å². The fourth-order valence-electron chi connectivity index (χ4n) is 1.26. The standard InChI is InChI=1S/C9H11N5/c1-6-12-5-8(10)9(13-6)14-4-3-11-7(14)2/h3-5H,10H2,1-2H3. The average molecular weight is 189 g/mol. The molecule has 0 saturated carbocycles. The average Bonchev–Trinajstić information content (AvgIpc) is 2.56. The summed E-state index contributed by atoms with van der Waals surface area (Å²) in [7, 11) is 0. The Bertz CT molecular complexity index is 460. The number of rotatable bonds is 1. The molecule has 2 aromatic heterocycles. The Morgan fingerprint density at radius 3 is 2.71 bits per heavy atom. The highest BCUT2D eigenvalue weighted by atomic mass is 15.1. The van der Waals surface area contributed by atoms with Crippen molar-refractivity contribution >= 4 is 5.69 Å². The van der Waals surface area contributed by atoms with Gasteiger partial charge < -0.3 is 5.73 Å². The zero-order valence-electron chi connectivity index (χ0n) is 8.10. The number of hydrogen-bond donors (Lipinski definition) is 1. The first-order valence-corrected chi connectivity index (χ1v) is 4.28. The number of nitrogens with zero attached hydrogens (tertiary/aromatic N) is 4. The Morgan fingerprint density at radius 1 is 1.29 bits per heavy atom. The molecule has 5 heteroatoms. The molecule has 0 bridgehead atoms. The van der Waals surface area contributed by atoms with Crippen LogP contribution < -0.4 is 5.73 Å². The molecule has 2 heterocycles. The van der Waals surface area contributed by atoms with Crippen molar-refractivity contribution in [1.29, 1.82) is 0 Å². The van der Waals surface area contributed by atoms with Crippen LogP contribution in [-0.4, -0.2) is 19.5 Å². The van der Waals surface area contributed by atoms with E-state index in [1.807, 2.05) is 24.6 Å². The van der Waals surface area contributed by atoms with E-state index in [9.17, 15) is 0 Å². The summed E-state index contributed by atoms with van der Waals surface area (Å²) in [6.45, 7) is 3.73. The minimum absolute atomic E-state index is 0.553. The first-order valence-electron chi connectivity index (χ1n) is 4.28. The molecule has 0 aliphatic heterocycles. The number of aromatic nitrogens is 4. The number of hydrogen-bond acceptors (Lipinski definition) is 4. The number of imidazole rings is 1. The van der Waals surface area contributed by atoms with Crippen molar-refractivity contribution in [3.63, 3.8) is 0 Å². The minimum Gasteiger partial charge on any atom is -0.394 e. The predicted molar refractivity (Wildman–Crippen MR) is 53.0 cm³/mol. The second-order valence-corrected chi connectivity index (χ2v) is 3.04. The van der Waals surface area contributed by atoms with E-state index in [1.165, 1.54) is 0 Å². The van der Waals surface area contributed by atoms with Crippen molar-refractivity contribution in [2.24, 2.45) is 0 Å². The van der Waals surface area contributed by atoms with Crippen molar-refractivity contribution in [2.45, 2.75) is 13.8 Å². The van der Waals surface area contributed by atoms with Crippen LogP contribution in [0.1, 0.15) is 11.6 Å². The lowest BCUT2D eigenvalue weighted by atomic mass is 10.4. The van der Waals surface area contributed by atoms with Crippen LogP contribution in [0.25, 0.3) is 5.82 Å². The molecule has 0 aliphatic carbocycles. The molecular formula is C9H11N5. The smallest absolute Gasteiger partial charge is 0.165 e. The topological polar surface area (TPSA) is 69.6 Å². The molecule has 2 rings (SSSR count). The van der Waals surface area contributed by atoms with Gasteiger partial charge in [-0.15, -0.1) is 0 Å². The van der Waals surface area contributed by atoms with Crippen LogP contribution >= 0.6 is 0 Å². The van der Waals surface area contributed by atoms with E-state index in [4.69, 9.17) is 5.73 Å². The molecule has 0 atom stereocenters. The third kappa shape index (κ3) is 1.32. The van der Waals surface area contributed by atoms with Gasteiger partial charge in [-0.2, -0.15) is 0 Å². The highest BCUT2D eigenvalue weighted by Crippen LogP contribution is 2.14. The summed E-state index contributed by atoms with van der Waals surface area (Å²) in [5.74, 6) is 2.24. The normalized spacial score (nSPS) is 10.4. The Morgan fingerprint density at radius 2 is 2.07 bits per heavy atom. The molecule has 72 valence electrons. The van der Waals surface area contributed by atoms with Crippen molar-refractivity contribution in [3.05, 3.63) is 30.2 Å². The molecule has 14 heavy (non-hydrogen) atoms. The maximum absolute atomic E-state index is 5.78. The fourth-order valence-corrected chi connectivity index (χ4v) is 1.26. The molecule has 0 aromatic carbocycles. The summed E-state index contributed by atoms with van der Waals surface area (Å²) in [5.41, 5.74) is 6.33. The van der Waals surface area contributed by atoms with E-state index in [2.05, 4.69) is 15.0 Å². The van der Waals surface area contributed by atoms with Gasteiger partial charge in [0.2, 0.25) is 0 Å². The molecule has 2 aromatic rings. The van der Waals surface area contributed by atoms with Crippen molar-refractivity contribution in [1.82, 2.24) is 19.5 Å². The Hall–Kier alpha value is -1.91. The van der Waals surface area contributed by atoms with E-state index in [1.54, 1.807) is 12.4 Å². The minimum atomic E-state index is 0.553. The van der Waals surface area contributed by atoms with Gasteiger partial charge in [0.05, 0.1) is 11.9 Å². The molecule has 2 N–H and O–H groups in total. The van der Waals surface area contributed by atoms with Crippen molar-refractivity contribution < 1.29 is 0 Å². The lowest BCUT2D eigenvalue weighted by molar-refractivity contribution is 0.903. The van der Waals surface area contributed by atoms with Crippen molar-refractivity contribution in [3.8, 4) is 5.82 Å². The highest BCUT2D eigenvalue weighted by Gasteiger charge is 2.06. The molecule has 0 aliphatic rings. The summed E-state index contributed by atoms with van der Waals surface area (Å²) < 4.78 is 1.84.